The molecule has 0 saturated carbocycles. The number of nitro groups is 1. The van der Waals surface area contributed by atoms with Gasteiger partial charge in [0.05, 0.1) is 16.7 Å². The van der Waals surface area contributed by atoms with Crippen LogP contribution in [0.5, 0.6) is 0 Å². The highest BCUT2D eigenvalue weighted by molar-refractivity contribution is 8.14. The zero-order valence-corrected chi connectivity index (χ0v) is 13.5. The van der Waals surface area contributed by atoms with E-state index in [0.717, 1.165) is 36.4 Å². The number of rotatable bonds is 6. The summed E-state index contributed by atoms with van der Waals surface area (Å²) in [5.74, 6) is 0.706. The number of aryl methyl sites for hydroxylation is 1. The van der Waals surface area contributed by atoms with E-state index >= 15 is 0 Å². The Morgan fingerprint density at radius 1 is 1.55 bits per heavy atom. The second kappa shape index (κ2) is 7.40. The van der Waals surface area contributed by atoms with Gasteiger partial charge in [0.1, 0.15) is 6.29 Å². The molecule has 0 bridgehead atoms. The minimum Gasteiger partial charge on any atom is -0.341 e. The van der Waals surface area contributed by atoms with Gasteiger partial charge in [-0.05, 0) is 25.0 Å². The largest absolute Gasteiger partial charge is 0.341 e. The number of nitrogens with zero attached hydrogens (tertiary/aromatic N) is 3. The van der Waals surface area contributed by atoms with Crippen molar-refractivity contribution >= 4 is 34.6 Å². The van der Waals surface area contributed by atoms with Crippen molar-refractivity contribution in [1.29, 1.82) is 0 Å². The number of thioether (sulfide) groups is 1. The van der Waals surface area contributed by atoms with E-state index in [9.17, 15) is 14.9 Å². The molecule has 1 aromatic rings. The molecule has 0 aliphatic carbocycles. The lowest BCUT2D eigenvalue weighted by Gasteiger charge is -2.22. The van der Waals surface area contributed by atoms with Crippen LogP contribution in [-0.2, 0) is 4.79 Å². The molecule has 0 amide bonds. The van der Waals surface area contributed by atoms with Gasteiger partial charge >= 0.3 is 0 Å². The first-order valence-electron chi connectivity index (χ1n) is 7.25. The fourth-order valence-corrected chi connectivity index (χ4v) is 3.39. The van der Waals surface area contributed by atoms with Crippen LogP contribution < -0.4 is 0 Å². The van der Waals surface area contributed by atoms with E-state index in [2.05, 4.69) is 11.9 Å². The average Bonchev–Trinajstić information content (AvgIpc) is 2.88. The van der Waals surface area contributed by atoms with Gasteiger partial charge in [-0.3, -0.25) is 10.1 Å². The van der Waals surface area contributed by atoms with Crippen LogP contribution in [0, 0.1) is 17.0 Å². The van der Waals surface area contributed by atoms with Crippen molar-refractivity contribution in [2.45, 2.75) is 32.7 Å². The number of non-ortho nitro benzene ring substituents is 1. The first-order valence-corrected chi connectivity index (χ1v) is 8.23. The molecule has 0 spiro atoms. The Morgan fingerprint density at radius 3 is 2.91 bits per heavy atom. The van der Waals surface area contributed by atoms with Crippen molar-refractivity contribution in [3.8, 4) is 0 Å². The molecule has 1 atom stereocenters. The van der Waals surface area contributed by atoms with Crippen molar-refractivity contribution in [2.75, 3.05) is 12.3 Å². The lowest BCUT2D eigenvalue weighted by molar-refractivity contribution is -0.384. The molecule has 6 nitrogen and oxygen atoms in total. The first-order chi connectivity index (χ1) is 10.6. The van der Waals surface area contributed by atoms with Crippen LogP contribution in [0.3, 0.4) is 0 Å². The molecular formula is C15H19N3O3S. The Kier molecular flexibility index (Phi) is 5.54. The normalized spacial score (nSPS) is 19.6. The van der Waals surface area contributed by atoms with Crippen LogP contribution in [0.2, 0.25) is 0 Å². The van der Waals surface area contributed by atoms with Crippen LogP contribution in [0.15, 0.2) is 23.2 Å². The molecule has 1 unspecified atom stereocenters. The van der Waals surface area contributed by atoms with E-state index in [-0.39, 0.29) is 11.7 Å². The Morgan fingerprint density at radius 2 is 2.32 bits per heavy atom. The number of unbranched alkanes of at least 4 members (excludes halogenated alkanes) is 1. The number of carbonyl (C=O) groups is 1. The number of nitro benzene ring substituents is 1. The van der Waals surface area contributed by atoms with Crippen LogP contribution in [0.4, 0.5) is 11.4 Å². The highest BCUT2D eigenvalue weighted by atomic mass is 32.2. The predicted octanol–water partition coefficient (Wildman–Crippen LogP) is 3.31. The van der Waals surface area contributed by atoms with E-state index in [1.54, 1.807) is 24.8 Å². The number of benzene rings is 1. The van der Waals surface area contributed by atoms with E-state index in [0.29, 0.717) is 11.4 Å². The molecule has 1 fully saturated rings. The number of aliphatic imine (C=N–C) groups is 1. The van der Waals surface area contributed by atoms with Crippen LogP contribution >= 0.6 is 11.8 Å². The third kappa shape index (κ3) is 3.65. The highest BCUT2D eigenvalue weighted by Gasteiger charge is 2.29. The predicted molar refractivity (Wildman–Crippen MR) is 88.9 cm³/mol. The molecule has 0 radical (unpaired) electrons. The Bertz CT molecular complexity index is 604. The molecular weight excluding hydrogens is 302 g/mol. The van der Waals surface area contributed by atoms with Gasteiger partial charge in [-0.15, -0.1) is 0 Å². The summed E-state index contributed by atoms with van der Waals surface area (Å²) in [5.41, 5.74) is 1.53. The molecule has 2 rings (SSSR count). The maximum atomic E-state index is 11.2. The van der Waals surface area contributed by atoms with E-state index in [1.165, 1.54) is 12.1 Å². The number of hydrogen-bond acceptors (Lipinski definition) is 5. The topological polar surface area (TPSA) is 75.8 Å². The molecule has 0 aromatic heterocycles. The van der Waals surface area contributed by atoms with Crippen LogP contribution in [0.1, 0.15) is 25.3 Å². The van der Waals surface area contributed by atoms with Crippen molar-refractivity contribution in [1.82, 2.24) is 4.90 Å². The first kappa shape index (κ1) is 16.5. The lowest BCUT2D eigenvalue weighted by atomic mass is 10.2. The van der Waals surface area contributed by atoms with Crippen molar-refractivity contribution in [2.24, 2.45) is 4.99 Å². The van der Waals surface area contributed by atoms with Gasteiger partial charge in [0, 0.05) is 24.4 Å². The summed E-state index contributed by atoms with van der Waals surface area (Å²) in [4.78, 5) is 28.2. The van der Waals surface area contributed by atoms with Gasteiger partial charge < -0.3 is 9.69 Å². The summed E-state index contributed by atoms with van der Waals surface area (Å²) in [7, 11) is 0. The second-order valence-corrected chi connectivity index (χ2v) is 6.17. The van der Waals surface area contributed by atoms with Gasteiger partial charge in [0.25, 0.3) is 5.69 Å². The van der Waals surface area contributed by atoms with Gasteiger partial charge in [0.15, 0.2) is 5.17 Å². The fraction of sp³-hybridized carbons (Fsp3) is 0.467. The molecule has 1 aliphatic rings. The molecule has 118 valence electrons. The monoisotopic (exact) mass is 321 g/mol. The fourth-order valence-electron chi connectivity index (χ4n) is 2.26. The summed E-state index contributed by atoms with van der Waals surface area (Å²) < 4.78 is 0. The number of carbonyl (C=O) groups excluding carboxylic acids is 1. The van der Waals surface area contributed by atoms with E-state index in [1.807, 2.05) is 4.90 Å². The molecule has 1 aromatic carbocycles. The van der Waals surface area contributed by atoms with Gasteiger partial charge in [0.2, 0.25) is 0 Å². The average molecular weight is 321 g/mol. The lowest BCUT2D eigenvalue weighted by Crippen LogP contribution is -2.35. The molecule has 1 aliphatic heterocycles. The summed E-state index contributed by atoms with van der Waals surface area (Å²) in [6.07, 6.45) is 3.02. The second-order valence-electron chi connectivity index (χ2n) is 5.18. The van der Waals surface area contributed by atoms with E-state index in [4.69, 9.17) is 0 Å². The SMILES string of the molecule is CCCCN1C(=Nc2ccc([N+](=O)[O-])cc2C)SCC1C=O. The van der Waals surface area contributed by atoms with E-state index < -0.39 is 4.92 Å². The summed E-state index contributed by atoms with van der Waals surface area (Å²) in [5, 5.41) is 11.6. The highest BCUT2D eigenvalue weighted by Crippen LogP contribution is 2.29. The minimum absolute atomic E-state index is 0.0640. The van der Waals surface area contributed by atoms with Crippen LogP contribution in [0.25, 0.3) is 0 Å². The zero-order chi connectivity index (χ0) is 16.1. The third-order valence-corrected chi connectivity index (χ3v) is 4.64. The van der Waals surface area contributed by atoms with Gasteiger partial charge in [-0.1, -0.05) is 25.1 Å². The van der Waals surface area contributed by atoms with Crippen molar-refractivity contribution in [3.63, 3.8) is 0 Å². The summed E-state index contributed by atoms with van der Waals surface area (Å²) >= 11 is 1.56. The third-order valence-electron chi connectivity index (χ3n) is 3.55. The molecule has 22 heavy (non-hydrogen) atoms. The number of aldehydes is 1. The Balaban J connectivity index is 2.26. The summed E-state index contributed by atoms with van der Waals surface area (Å²) in [6.45, 7) is 4.72. The Hall–Kier alpha value is -1.89. The van der Waals surface area contributed by atoms with Gasteiger partial charge in [-0.2, -0.15) is 0 Å². The van der Waals surface area contributed by atoms with Crippen LogP contribution in [-0.4, -0.2) is 39.6 Å². The number of hydrogen-bond donors (Lipinski definition) is 0. The maximum absolute atomic E-state index is 11.2. The molecule has 7 heteroatoms. The standard InChI is InChI=1S/C15H19N3O3S/c1-3-4-7-17-13(9-19)10-22-15(17)16-14-6-5-12(18(20)21)8-11(14)2/h5-6,8-9,13H,3-4,7,10H2,1-2H3. The zero-order valence-electron chi connectivity index (χ0n) is 12.7. The number of amidine groups is 1. The minimum atomic E-state index is -0.412. The van der Waals surface area contributed by atoms with Crippen molar-refractivity contribution < 1.29 is 9.72 Å². The smallest absolute Gasteiger partial charge is 0.269 e. The molecule has 0 N–H and O–H groups in total. The quantitative estimate of drug-likeness (QED) is 0.456. The Labute approximate surface area is 133 Å². The van der Waals surface area contributed by atoms with Gasteiger partial charge in [-0.25, -0.2) is 4.99 Å². The molecule has 1 saturated heterocycles. The maximum Gasteiger partial charge on any atom is 0.269 e. The molecule has 1 heterocycles. The van der Waals surface area contributed by atoms with Crippen molar-refractivity contribution in [3.05, 3.63) is 33.9 Å². The summed E-state index contributed by atoms with van der Waals surface area (Å²) in [6, 6.07) is 4.51.